The zero-order valence-corrected chi connectivity index (χ0v) is 16.0. The van der Waals surface area contributed by atoms with Gasteiger partial charge in [0.25, 0.3) is 0 Å². The summed E-state index contributed by atoms with van der Waals surface area (Å²) < 4.78 is 0. The van der Waals surface area contributed by atoms with Crippen LogP contribution < -0.4 is 0 Å². The van der Waals surface area contributed by atoms with Crippen molar-refractivity contribution in [3.63, 3.8) is 0 Å². The van der Waals surface area contributed by atoms with Crippen molar-refractivity contribution in [3.8, 4) is 11.4 Å². The number of aliphatic hydroxyl groups is 1. The number of hydrogen-bond acceptors (Lipinski definition) is 7. The maximum Gasteiger partial charge on any atom is 0.119 e. The van der Waals surface area contributed by atoms with Crippen molar-refractivity contribution in [2.24, 2.45) is 0 Å². The van der Waals surface area contributed by atoms with E-state index in [1.807, 2.05) is 24.4 Å². The van der Waals surface area contributed by atoms with Crippen molar-refractivity contribution in [2.45, 2.75) is 18.4 Å². The summed E-state index contributed by atoms with van der Waals surface area (Å²) in [6.45, 7) is 8.65. The van der Waals surface area contributed by atoms with E-state index in [0.29, 0.717) is 6.29 Å². The van der Waals surface area contributed by atoms with Crippen LogP contribution in [0.2, 0.25) is 0 Å². The van der Waals surface area contributed by atoms with Crippen LogP contribution in [0, 0.1) is 0 Å². The van der Waals surface area contributed by atoms with Gasteiger partial charge in [-0.1, -0.05) is 12.1 Å². The molecule has 0 radical (unpaired) electrons. The molecule has 1 N–H and O–H groups in total. The third-order valence-corrected chi connectivity index (χ3v) is 6.91. The summed E-state index contributed by atoms with van der Waals surface area (Å²) >= 11 is 0. The molecule has 0 amide bonds. The van der Waals surface area contributed by atoms with Crippen molar-refractivity contribution in [3.05, 3.63) is 47.8 Å². The zero-order valence-electron chi connectivity index (χ0n) is 16.0. The van der Waals surface area contributed by atoms with E-state index < -0.39 is 6.10 Å². The first kappa shape index (κ1) is 17.0. The van der Waals surface area contributed by atoms with Crippen LogP contribution in [0.4, 0.5) is 0 Å². The molecular weight excluding hydrogens is 352 g/mol. The maximum atomic E-state index is 11.4. The molecule has 4 aliphatic rings. The van der Waals surface area contributed by atoms with E-state index in [2.05, 4.69) is 35.6 Å². The highest BCUT2D eigenvalue weighted by atomic mass is 16.3. The molecule has 0 saturated carbocycles. The molecule has 3 saturated heterocycles. The van der Waals surface area contributed by atoms with Crippen molar-refractivity contribution < 1.29 is 5.11 Å². The molecule has 0 bridgehead atoms. The highest BCUT2D eigenvalue weighted by Crippen LogP contribution is 2.45. The second-order valence-electron chi connectivity index (χ2n) is 8.26. The van der Waals surface area contributed by atoms with Gasteiger partial charge >= 0.3 is 0 Å². The van der Waals surface area contributed by atoms with Gasteiger partial charge in [-0.25, -0.2) is 0 Å². The minimum absolute atomic E-state index is 0.0711. The third kappa shape index (κ3) is 2.47. The quantitative estimate of drug-likeness (QED) is 0.786. The largest absolute Gasteiger partial charge is 0.386 e. The van der Waals surface area contributed by atoms with Crippen LogP contribution in [-0.4, -0.2) is 93.3 Å². The monoisotopic (exact) mass is 378 g/mol. The van der Waals surface area contributed by atoms with Gasteiger partial charge in [0.2, 0.25) is 0 Å². The average molecular weight is 378 g/mol. The van der Waals surface area contributed by atoms with Crippen LogP contribution in [0.15, 0.2) is 36.7 Å². The normalized spacial score (nSPS) is 29.2. The molecule has 2 aromatic rings. The fourth-order valence-corrected chi connectivity index (χ4v) is 5.58. The Hall–Kier alpha value is -1.90. The average Bonchev–Trinajstić information content (AvgIpc) is 3.29. The number of pyridine rings is 2. The molecule has 1 aliphatic carbocycles. The van der Waals surface area contributed by atoms with E-state index in [1.54, 1.807) is 6.20 Å². The SMILES string of the molecule is OC1c2cccnc2-c2ncccc2C1N1CCN2CCN3CCN(CC1)C23. The Morgan fingerprint density at radius 3 is 1.71 bits per heavy atom. The first-order chi connectivity index (χ1) is 13.8. The summed E-state index contributed by atoms with van der Waals surface area (Å²) in [6, 6.07) is 7.93. The predicted octanol–water partition coefficient (Wildman–Crippen LogP) is 0.764. The Labute approximate surface area is 165 Å². The molecule has 146 valence electrons. The maximum absolute atomic E-state index is 11.4. The Balaban J connectivity index is 1.36. The van der Waals surface area contributed by atoms with E-state index in [-0.39, 0.29) is 6.04 Å². The van der Waals surface area contributed by atoms with Gasteiger partial charge in [-0.3, -0.25) is 29.6 Å². The molecule has 5 heterocycles. The van der Waals surface area contributed by atoms with Gasteiger partial charge in [-0.15, -0.1) is 0 Å². The Kier molecular flexibility index (Phi) is 3.99. The van der Waals surface area contributed by atoms with Crippen molar-refractivity contribution in [1.29, 1.82) is 0 Å². The minimum Gasteiger partial charge on any atom is -0.386 e. The zero-order chi connectivity index (χ0) is 18.7. The molecule has 2 unspecified atom stereocenters. The number of hydrogen-bond donors (Lipinski definition) is 1. The lowest BCUT2D eigenvalue weighted by molar-refractivity contribution is -0.0155. The Morgan fingerprint density at radius 1 is 0.679 bits per heavy atom. The van der Waals surface area contributed by atoms with E-state index in [9.17, 15) is 5.11 Å². The van der Waals surface area contributed by atoms with Crippen LogP contribution >= 0.6 is 0 Å². The topological polar surface area (TPSA) is 59.0 Å². The molecular formula is C21H26N6O. The minimum atomic E-state index is -0.579. The number of fused-ring (bicyclic) bond motifs is 3. The van der Waals surface area contributed by atoms with Crippen molar-refractivity contribution in [2.75, 3.05) is 52.4 Å². The van der Waals surface area contributed by atoms with E-state index in [1.165, 1.54) is 13.1 Å². The molecule has 7 nitrogen and oxygen atoms in total. The molecule has 28 heavy (non-hydrogen) atoms. The van der Waals surface area contributed by atoms with Gasteiger partial charge in [-0.2, -0.15) is 0 Å². The van der Waals surface area contributed by atoms with Crippen LogP contribution in [-0.2, 0) is 0 Å². The van der Waals surface area contributed by atoms with Crippen LogP contribution in [0.1, 0.15) is 23.3 Å². The first-order valence-corrected chi connectivity index (χ1v) is 10.4. The number of rotatable bonds is 1. The lowest BCUT2D eigenvalue weighted by Gasteiger charge is -2.43. The second kappa shape index (κ2) is 6.57. The van der Waals surface area contributed by atoms with Gasteiger partial charge in [0.05, 0.1) is 17.4 Å². The van der Waals surface area contributed by atoms with Gasteiger partial charge in [-0.05, 0) is 12.1 Å². The fraction of sp³-hybridized carbons (Fsp3) is 0.524. The highest BCUT2D eigenvalue weighted by molar-refractivity contribution is 5.67. The number of aliphatic hydroxyl groups excluding tert-OH is 1. The highest BCUT2D eigenvalue weighted by Gasteiger charge is 2.44. The van der Waals surface area contributed by atoms with Crippen LogP contribution in [0.3, 0.4) is 0 Å². The van der Waals surface area contributed by atoms with Crippen molar-refractivity contribution >= 4 is 0 Å². The van der Waals surface area contributed by atoms with Gasteiger partial charge in [0.15, 0.2) is 0 Å². The standard InChI is InChI=1S/C21H26N6O/c28-20-16-4-2-6-23-18(16)17-15(3-1-5-22-17)19(20)24-7-9-25-11-13-27-14-12-26(10-8-24)21(25)27/h1-6,19-21,28H,7-14H2. The van der Waals surface area contributed by atoms with Gasteiger partial charge < -0.3 is 5.11 Å². The second-order valence-corrected chi connectivity index (χ2v) is 8.26. The lowest BCUT2D eigenvalue weighted by atomic mass is 9.85. The first-order valence-electron chi connectivity index (χ1n) is 10.4. The van der Waals surface area contributed by atoms with Gasteiger partial charge in [0, 0.05) is 75.9 Å². The molecule has 0 aromatic carbocycles. The summed E-state index contributed by atoms with van der Waals surface area (Å²) in [5, 5.41) is 11.4. The summed E-state index contributed by atoms with van der Waals surface area (Å²) in [6.07, 6.45) is 3.53. The molecule has 6 rings (SSSR count). The number of nitrogens with zero attached hydrogens (tertiary/aromatic N) is 6. The summed E-state index contributed by atoms with van der Waals surface area (Å²) in [7, 11) is 0. The smallest absolute Gasteiger partial charge is 0.119 e. The van der Waals surface area contributed by atoms with E-state index in [4.69, 9.17) is 0 Å². The molecule has 3 fully saturated rings. The Morgan fingerprint density at radius 2 is 1.14 bits per heavy atom. The molecule has 3 aliphatic heterocycles. The molecule has 0 spiro atoms. The Bertz CT molecular complexity index is 871. The third-order valence-electron chi connectivity index (χ3n) is 6.91. The van der Waals surface area contributed by atoms with Crippen LogP contribution in [0.25, 0.3) is 11.4 Å². The van der Waals surface area contributed by atoms with Gasteiger partial charge in [0.1, 0.15) is 12.4 Å². The summed E-state index contributed by atoms with van der Waals surface area (Å²) in [5.41, 5.74) is 3.74. The fourth-order valence-electron chi connectivity index (χ4n) is 5.58. The summed E-state index contributed by atoms with van der Waals surface area (Å²) in [5.74, 6) is 0. The summed E-state index contributed by atoms with van der Waals surface area (Å²) in [4.78, 5) is 19.5. The predicted molar refractivity (Wildman–Crippen MR) is 105 cm³/mol. The molecule has 2 aromatic heterocycles. The van der Waals surface area contributed by atoms with Crippen molar-refractivity contribution in [1.82, 2.24) is 29.6 Å². The van der Waals surface area contributed by atoms with E-state index >= 15 is 0 Å². The van der Waals surface area contributed by atoms with Crippen LogP contribution in [0.5, 0.6) is 0 Å². The number of aromatic nitrogens is 2. The molecule has 2 atom stereocenters. The van der Waals surface area contributed by atoms with E-state index in [0.717, 1.165) is 61.8 Å². The molecule has 7 heteroatoms. The lowest BCUT2D eigenvalue weighted by Crippen LogP contribution is -2.53.